The van der Waals surface area contributed by atoms with Crippen molar-refractivity contribution in [2.24, 2.45) is 0 Å². The number of rotatable bonds is 12. The number of hydrogen-bond acceptors (Lipinski definition) is 6. The molecule has 240 valence electrons. The van der Waals surface area contributed by atoms with Crippen molar-refractivity contribution in [2.75, 3.05) is 13.7 Å². The first-order valence-electron chi connectivity index (χ1n) is 15.2. The minimum Gasteiger partial charge on any atom is -0.493 e. The third-order valence-electron chi connectivity index (χ3n) is 6.79. The van der Waals surface area contributed by atoms with Gasteiger partial charge >= 0.3 is 5.97 Å². The minimum atomic E-state index is -1.27. The second kappa shape index (κ2) is 15.9. The molecule has 0 fully saturated rings. The van der Waals surface area contributed by atoms with Crippen molar-refractivity contribution in [3.63, 3.8) is 0 Å². The molecule has 0 atom stereocenters. The third kappa shape index (κ3) is 10.8. The van der Waals surface area contributed by atoms with E-state index in [2.05, 4.69) is 19.2 Å². The Morgan fingerprint density at radius 2 is 1.60 bits per heavy atom. The average molecular weight is 639 g/mol. The number of carbonyl (C=O) groups excluding carboxylic acids is 2. The lowest BCUT2D eigenvalue weighted by Crippen LogP contribution is -2.43. The Hall–Kier alpha value is -2.64. The summed E-state index contributed by atoms with van der Waals surface area (Å²) in [6, 6.07) is 8.97. The Kier molecular flexibility index (Phi) is 13.5. The molecule has 0 bridgehead atoms. The molecule has 0 saturated carbocycles. The maximum Gasteiger partial charge on any atom is 0.350 e. The molecule has 0 aliphatic carbocycles. The summed E-state index contributed by atoms with van der Waals surface area (Å²) in [6.45, 7) is 15.5. The Labute approximate surface area is 267 Å². The lowest BCUT2D eigenvalue weighted by Gasteiger charge is -2.29. The number of fused-ring (bicyclic) bond motifs is 1. The van der Waals surface area contributed by atoms with Crippen LogP contribution in [0, 0.1) is 0 Å². The van der Waals surface area contributed by atoms with Gasteiger partial charge in [-0.05, 0) is 83.7 Å². The van der Waals surface area contributed by atoms with Gasteiger partial charge in [-0.15, -0.1) is 0 Å². The summed E-state index contributed by atoms with van der Waals surface area (Å²) in [6.07, 6.45) is 7.42. The number of ether oxygens (including phenoxy) is 4. The number of carbonyl (C=O) groups is 2. The lowest BCUT2D eigenvalue weighted by atomic mass is 9.88. The fourth-order valence-electron chi connectivity index (χ4n) is 4.81. The zero-order valence-electron chi connectivity index (χ0n) is 27.2. The highest BCUT2D eigenvalue weighted by atomic mass is 35.5. The molecule has 1 amide bonds. The van der Waals surface area contributed by atoms with Crippen LogP contribution in [0.4, 0.5) is 0 Å². The van der Waals surface area contributed by atoms with Gasteiger partial charge in [0, 0.05) is 24.6 Å². The topological polar surface area (TPSA) is 83.1 Å². The molecule has 0 saturated heterocycles. The molecule has 1 aliphatic rings. The number of esters is 1. The summed E-state index contributed by atoms with van der Waals surface area (Å²) >= 11 is 12.3. The van der Waals surface area contributed by atoms with Gasteiger partial charge in [0.05, 0.1) is 17.2 Å². The Morgan fingerprint density at radius 1 is 0.953 bits per heavy atom. The number of unbranched alkanes of at least 4 members (excludes halogenated alkanes) is 1. The predicted octanol–water partition coefficient (Wildman–Crippen LogP) is 8.99. The Bertz CT molecular complexity index is 1230. The van der Waals surface area contributed by atoms with Crippen molar-refractivity contribution in [1.82, 2.24) is 5.32 Å². The van der Waals surface area contributed by atoms with E-state index in [1.54, 1.807) is 34.6 Å². The van der Waals surface area contributed by atoms with Crippen molar-refractivity contribution in [2.45, 2.75) is 117 Å². The molecule has 0 radical (unpaired) electrons. The van der Waals surface area contributed by atoms with Gasteiger partial charge in [-0.1, -0.05) is 63.2 Å². The van der Waals surface area contributed by atoms with Crippen molar-refractivity contribution in [3.05, 3.63) is 51.5 Å². The van der Waals surface area contributed by atoms with Gasteiger partial charge in [0.1, 0.15) is 28.5 Å². The van der Waals surface area contributed by atoms with Gasteiger partial charge in [-0.2, -0.15) is 0 Å². The Morgan fingerprint density at radius 3 is 2.16 bits per heavy atom. The number of nitrogens with one attached hydrogen (secondary N) is 1. The van der Waals surface area contributed by atoms with Crippen LogP contribution >= 0.6 is 23.2 Å². The van der Waals surface area contributed by atoms with Gasteiger partial charge < -0.3 is 24.3 Å². The molecular formula is C34H49Cl2NO6. The van der Waals surface area contributed by atoms with E-state index in [4.69, 9.17) is 42.1 Å². The first kappa shape index (κ1) is 36.6. The van der Waals surface area contributed by atoms with E-state index >= 15 is 0 Å². The largest absolute Gasteiger partial charge is 0.493 e. The monoisotopic (exact) mass is 637 g/mol. The SMILES string of the molecule is CCCC1(CCC)Cc2cc(Cl)ccc2O1.CCCCOc1cc(OC(C)(C)C(=O)OC(C)(C)C)c(Cl)cc1C(=O)NC. The van der Waals surface area contributed by atoms with Crippen LogP contribution in [0.25, 0.3) is 0 Å². The molecule has 1 heterocycles. The summed E-state index contributed by atoms with van der Waals surface area (Å²) < 4.78 is 23.1. The maximum absolute atomic E-state index is 12.4. The van der Waals surface area contributed by atoms with Crippen LogP contribution in [-0.4, -0.2) is 42.3 Å². The van der Waals surface area contributed by atoms with E-state index in [9.17, 15) is 9.59 Å². The van der Waals surface area contributed by atoms with E-state index in [1.807, 2.05) is 25.1 Å². The van der Waals surface area contributed by atoms with Crippen molar-refractivity contribution in [3.8, 4) is 17.2 Å². The molecule has 1 N–H and O–H groups in total. The first-order chi connectivity index (χ1) is 20.1. The summed E-state index contributed by atoms with van der Waals surface area (Å²) in [5, 5.41) is 3.57. The van der Waals surface area contributed by atoms with Crippen molar-refractivity contribution < 1.29 is 28.5 Å². The lowest BCUT2D eigenvalue weighted by molar-refractivity contribution is -0.170. The minimum absolute atomic E-state index is 0.0382. The molecule has 1 aliphatic heterocycles. The summed E-state index contributed by atoms with van der Waals surface area (Å²) in [7, 11) is 1.53. The van der Waals surface area contributed by atoms with Gasteiger partial charge in [-0.25, -0.2) is 4.79 Å². The summed E-state index contributed by atoms with van der Waals surface area (Å²) in [5.74, 6) is 0.788. The van der Waals surface area contributed by atoms with Crippen LogP contribution in [0.15, 0.2) is 30.3 Å². The highest BCUT2D eigenvalue weighted by Gasteiger charge is 2.38. The standard InChI is InChI=1S/C20H30ClNO5.C14H19ClO/c1-8-9-10-25-15-12-16(14(21)11-13(15)17(23)22-7)26-20(5,6)18(24)27-19(2,3)4;1-3-7-14(8-4-2)10-11-9-12(15)5-6-13(11)16-14/h11-12H,8-10H2,1-7H3,(H,22,23);5-6,9H,3-4,7-8,10H2,1-2H3. The highest BCUT2D eigenvalue weighted by Crippen LogP contribution is 2.41. The summed E-state index contributed by atoms with van der Waals surface area (Å²) in [5.41, 5.74) is -0.294. The van der Waals surface area contributed by atoms with E-state index in [0.29, 0.717) is 17.9 Å². The van der Waals surface area contributed by atoms with Crippen molar-refractivity contribution in [1.29, 1.82) is 0 Å². The van der Waals surface area contributed by atoms with Gasteiger partial charge in [0.15, 0.2) is 5.60 Å². The third-order valence-corrected chi connectivity index (χ3v) is 7.32. The van der Waals surface area contributed by atoms with E-state index in [1.165, 1.54) is 37.6 Å². The zero-order chi connectivity index (χ0) is 32.4. The van der Waals surface area contributed by atoms with Gasteiger partial charge in [0.2, 0.25) is 0 Å². The highest BCUT2D eigenvalue weighted by molar-refractivity contribution is 6.32. The molecule has 9 heteroatoms. The second-order valence-corrected chi connectivity index (χ2v) is 13.2. The van der Waals surface area contributed by atoms with Gasteiger partial charge in [-0.3, -0.25) is 4.79 Å². The quantitative estimate of drug-likeness (QED) is 0.185. The number of amides is 1. The molecule has 0 aromatic heterocycles. The molecular weight excluding hydrogens is 589 g/mol. The zero-order valence-corrected chi connectivity index (χ0v) is 28.8. The number of benzene rings is 2. The first-order valence-corrected chi connectivity index (χ1v) is 15.9. The smallest absolute Gasteiger partial charge is 0.350 e. The molecule has 43 heavy (non-hydrogen) atoms. The van der Waals surface area contributed by atoms with Crippen LogP contribution in [0.2, 0.25) is 10.0 Å². The normalized spacial score (nSPS) is 13.7. The molecule has 3 rings (SSSR count). The molecule has 0 spiro atoms. The van der Waals surface area contributed by atoms with E-state index < -0.39 is 17.2 Å². The fraction of sp³-hybridized carbons (Fsp3) is 0.588. The molecule has 0 unspecified atom stereocenters. The predicted molar refractivity (Wildman–Crippen MR) is 174 cm³/mol. The van der Waals surface area contributed by atoms with Crippen molar-refractivity contribution >= 4 is 35.1 Å². The number of hydrogen-bond donors (Lipinski definition) is 1. The molecule has 2 aromatic carbocycles. The Balaban J connectivity index is 0.000000340. The van der Waals surface area contributed by atoms with Crippen LogP contribution in [0.5, 0.6) is 17.2 Å². The van der Waals surface area contributed by atoms with E-state index in [0.717, 1.165) is 42.9 Å². The fourth-order valence-corrected chi connectivity index (χ4v) is 5.20. The maximum atomic E-state index is 12.4. The van der Waals surface area contributed by atoms with Crippen LogP contribution in [0.3, 0.4) is 0 Å². The molecule has 7 nitrogen and oxygen atoms in total. The average Bonchev–Trinajstić information content (AvgIpc) is 3.26. The van der Waals surface area contributed by atoms with E-state index in [-0.39, 0.29) is 22.3 Å². The second-order valence-electron chi connectivity index (χ2n) is 12.4. The number of halogens is 2. The van der Waals surface area contributed by atoms with Crippen LogP contribution in [0.1, 0.15) is 110 Å². The molecule has 2 aromatic rings. The summed E-state index contributed by atoms with van der Waals surface area (Å²) in [4.78, 5) is 24.5. The van der Waals surface area contributed by atoms with Crippen LogP contribution in [-0.2, 0) is 16.0 Å². The van der Waals surface area contributed by atoms with Gasteiger partial charge in [0.25, 0.3) is 5.91 Å². The van der Waals surface area contributed by atoms with Crippen LogP contribution < -0.4 is 19.5 Å².